The number of benzene rings is 3. The van der Waals surface area contributed by atoms with Crippen LogP contribution in [0.1, 0.15) is 30.5 Å². The van der Waals surface area contributed by atoms with Gasteiger partial charge in [-0.3, -0.25) is 9.59 Å². The molecule has 1 atom stereocenters. The van der Waals surface area contributed by atoms with Gasteiger partial charge in [-0.05, 0) is 35.4 Å². The van der Waals surface area contributed by atoms with Crippen molar-refractivity contribution in [3.63, 3.8) is 0 Å². The van der Waals surface area contributed by atoms with Crippen LogP contribution in [0.5, 0.6) is 0 Å². The van der Waals surface area contributed by atoms with E-state index in [4.69, 9.17) is 11.6 Å². The number of aromatic nitrogens is 1. The molecule has 0 aliphatic carbocycles. The second kappa shape index (κ2) is 8.61. The van der Waals surface area contributed by atoms with E-state index in [9.17, 15) is 9.59 Å². The zero-order chi connectivity index (χ0) is 23.1. The molecule has 4 aromatic rings. The molecule has 1 aliphatic heterocycles. The van der Waals surface area contributed by atoms with E-state index in [0.717, 1.165) is 32.1 Å². The number of carbonyl (C=O) groups excluding carboxylic acids is 1. The number of aromatic amines is 1. The van der Waals surface area contributed by atoms with Gasteiger partial charge in [0, 0.05) is 39.3 Å². The molecule has 7 heteroatoms. The van der Waals surface area contributed by atoms with Crippen LogP contribution in [0.2, 0.25) is 5.02 Å². The van der Waals surface area contributed by atoms with Gasteiger partial charge in [-0.15, -0.1) is 0 Å². The lowest BCUT2D eigenvalue weighted by atomic mass is 9.91. The Balaban J connectivity index is 1.76. The summed E-state index contributed by atoms with van der Waals surface area (Å²) in [6.07, 6.45) is 0.381. The van der Waals surface area contributed by atoms with Crippen LogP contribution in [-0.2, 0) is 4.79 Å². The van der Waals surface area contributed by atoms with Crippen LogP contribution < -0.4 is 5.56 Å². The van der Waals surface area contributed by atoms with Crippen LogP contribution in [0.15, 0.2) is 87.2 Å². The Labute approximate surface area is 203 Å². The van der Waals surface area contributed by atoms with Gasteiger partial charge in [0.1, 0.15) is 0 Å². The Bertz CT molecular complexity index is 1480. The Kier molecular flexibility index (Phi) is 5.64. The fourth-order valence-corrected chi connectivity index (χ4v) is 5.01. The number of hydrogen-bond acceptors (Lipinski definition) is 3. The summed E-state index contributed by atoms with van der Waals surface area (Å²) in [5.41, 5.74) is 4.00. The van der Waals surface area contributed by atoms with Gasteiger partial charge in [0.15, 0.2) is 0 Å². The van der Waals surface area contributed by atoms with E-state index in [1.165, 1.54) is 11.9 Å². The summed E-state index contributed by atoms with van der Waals surface area (Å²) in [6.45, 7) is 1.47. The van der Waals surface area contributed by atoms with Crippen molar-refractivity contribution in [3.05, 3.63) is 104 Å². The van der Waals surface area contributed by atoms with E-state index in [1.54, 1.807) is 6.07 Å². The van der Waals surface area contributed by atoms with Crippen molar-refractivity contribution in [1.29, 1.82) is 0 Å². The van der Waals surface area contributed by atoms with Crippen molar-refractivity contribution in [1.82, 2.24) is 9.99 Å². The highest BCUT2D eigenvalue weighted by Crippen LogP contribution is 2.39. The van der Waals surface area contributed by atoms with Gasteiger partial charge in [-0.1, -0.05) is 76.1 Å². The van der Waals surface area contributed by atoms with Crippen molar-refractivity contribution >= 4 is 50.1 Å². The number of amides is 1. The number of carbonyl (C=O) groups is 1. The smallest absolute Gasteiger partial charge is 0.258 e. The summed E-state index contributed by atoms with van der Waals surface area (Å²) in [6, 6.07) is 22.6. The van der Waals surface area contributed by atoms with E-state index in [2.05, 4.69) is 26.0 Å². The zero-order valence-electron chi connectivity index (χ0n) is 17.7. The summed E-state index contributed by atoms with van der Waals surface area (Å²) < 4.78 is 0.901. The number of fused-ring (bicyclic) bond motifs is 1. The standard InChI is InChI=1S/C26H19BrClN3O2/c1-15(32)31-23(18-9-5-6-10-20(18)28)14-22(30-31)25-24(16-7-3-2-4-8-16)19-13-17(27)11-12-21(19)29-26(25)33/h2-13,23H,14H2,1H3,(H,29,33). The van der Waals surface area contributed by atoms with Crippen LogP contribution in [0.4, 0.5) is 0 Å². The largest absolute Gasteiger partial charge is 0.321 e. The van der Waals surface area contributed by atoms with Gasteiger partial charge >= 0.3 is 0 Å². The molecule has 3 aromatic carbocycles. The maximum Gasteiger partial charge on any atom is 0.258 e. The van der Waals surface area contributed by atoms with E-state index >= 15 is 0 Å². The summed E-state index contributed by atoms with van der Waals surface area (Å²) in [5, 5.41) is 7.52. The molecule has 0 fully saturated rings. The topological polar surface area (TPSA) is 65.5 Å². The third kappa shape index (κ3) is 3.90. The third-order valence-electron chi connectivity index (χ3n) is 5.82. The summed E-state index contributed by atoms with van der Waals surface area (Å²) in [4.78, 5) is 28.9. The maximum absolute atomic E-state index is 13.4. The highest BCUT2D eigenvalue weighted by atomic mass is 79.9. The summed E-state index contributed by atoms with van der Waals surface area (Å²) >= 11 is 10.0. The number of halogens is 2. The molecule has 1 N–H and O–H groups in total. The lowest BCUT2D eigenvalue weighted by Gasteiger charge is -2.21. The van der Waals surface area contributed by atoms with E-state index in [-0.39, 0.29) is 17.5 Å². The SMILES string of the molecule is CC(=O)N1N=C(c2c(-c3ccccc3)c3cc(Br)ccc3[nH]c2=O)CC1c1ccccc1Cl. The molecule has 1 aliphatic rings. The molecule has 1 amide bonds. The number of nitrogens with zero attached hydrogens (tertiary/aromatic N) is 2. The van der Waals surface area contributed by atoms with Crippen molar-refractivity contribution in [3.8, 4) is 11.1 Å². The fourth-order valence-electron chi connectivity index (χ4n) is 4.38. The molecule has 0 saturated carbocycles. The molecule has 0 radical (unpaired) electrons. The molecule has 164 valence electrons. The van der Waals surface area contributed by atoms with E-state index < -0.39 is 0 Å². The molecule has 0 saturated heterocycles. The number of nitrogens with one attached hydrogen (secondary N) is 1. The first-order valence-corrected chi connectivity index (χ1v) is 11.6. The highest BCUT2D eigenvalue weighted by molar-refractivity contribution is 9.10. The van der Waals surface area contributed by atoms with Crippen LogP contribution in [0, 0.1) is 0 Å². The van der Waals surface area contributed by atoms with Crippen molar-refractivity contribution in [2.24, 2.45) is 5.10 Å². The maximum atomic E-state index is 13.4. The second-order valence-electron chi connectivity index (χ2n) is 7.91. The minimum absolute atomic E-state index is 0.212. The van der Waals surface area contributed by atoms with Crippen LogP contribution in [0.3, 0.4) is 0 Å². The molecule has 1 aromatic heterocycles. The van der Waals surface area contributed by atoms with Gasteiger partial charge in [0.05, 0.1) is 17.3 Å². The quantitative estimate of drug-likeness (QED) is 0.344. The normalized spacial score (nSPS) is 15.7. The third-order valence-corrected chi connectivity index (χ3v) is 6.66. The van der Waals surface area contributed by atoms with Gasteiger partial charge < -0.3 is 4.98 Å². The molecular weight excluding hydrogens is 502 g/mol. The van der Waals surface area contributed by atoms with E-state index in [1.807, 2.05) is 66.7 Å². The zero-order valence-corrected chi connectivity index (χ0v) is 20.0. The van der Waals surface area contributed by atoms with Crippen LogP contribution in [-0.4, -0.2) is 21.6 Å². The predicted octanol–water partition coefficient (Wildman–Crippen LogP) is 6.31. The number of pyridine rings is 1. The first kappa shape index (κ1) is 21.6. The lowest BCUT2D eigenvalue weighted by Crippen LogP contribution is -2.24. The molecule has 0 bridgehead atoms. The molecule has 33 heavy (non-hydrogen) atoms. The van der Waals surface area contributed by atoms with Gasteiger partial charge in [-0.25, -0.2) is 5.01 Å². The van der Waals surface area contributed by atoms with Gasteiger partial charge in [-0.2, -0.15) is 5.10 Å². The minimum Gasteiger partial charge on any atom is -0.321 e. The molecule has 1 unspecified atom stereocenters. The highest BCUT2D eigenvalue weighted by Gasteiger charge is 2.35. The number of hydrogen-bond donors (Lipinski definition) is 1. The minimum atomic E-state index is -0.382. The van der Waals surface area contributed by atoms with Crippen molar-refractivity contribution in [2.45, 2.75) is 19.4 Å². The van der Waals surface area contributed by atoms with E-state index in [0.29, 0.717) is 22.7 Å². The second-order valence-corrected chi connectivity index (χ2v) is 9.23. The summed E-state index contributed by atoms with van der Waals surface area (Å²) in [7, 11) is 0. The Hall–Kier alpha value is -3.22. The van der Waals surface area contributed by atoms with Crippen LogP contribution >= 0.6 is 27.5 Å². The Morgan fingerprint density at radius 3 is 2.52 bits per heavy atom. The van der Waals surface area contributed by atoms with Crippen molar-refractivity contribution < 1.29 is 4.79 Å². The first-order chi connectivity index (χ1) is 15.9. The Morgan fingerprint density at radius 1 is 1.06 bits per heavy atom. The first-order valence-electron chi connectivity index (χ1n) is 10.5. The average molecular weight is 521 g/mol. The molecule has 5 nitrogen and oxygen atoms in total. The van der Waals surface area contributed by atoms with Crippen LogP contribution in [0.25, 0.3) is 22.0 Å². The Morgan fingerprint density at radius 2 is 1.79 bits per heavy atom. The molecule has 0 spiro atoms. The van der Waals surface area contributed by atoms with Crippen molar-refractivity contribution in [2.75, 3.05) is 0 Å². The number of H-pyrrole nitrogens is 1. The molecule has 2 heterocycles. The predicted molar refractivity (Wildman–Crippen MR) is 136 cm³/mol. The molecule has 5 rings (SSSR count). The lowest BCUT2D eigenvalue weighted by molar-refractivity contribution is -0.130. The molecular formula is C26H19BrClN3O2. The number of rotatable bonds is 3. The fraction of sp³-hybridized carbons (Fsp3) is 0.115. The van der Waals surface area contributed by atoms with Gasteiger partial charge in [0.2, 0.25) is 5.91 Å². The average Bonchev–Trinajstić information content (AvgIpc) is 3.24. The number of hydrazone groups is 1. The van der Waals surface area contributed by atoms with Gasteiger partial charge in [0.25, 0.3) is 5.56 Å². The summed E-state index contributed by atoms with van der Waals surface area (Å²) in [5.74, 6) is -0.212. The monoisotopic (exact) mass is 519 g/mol.